The molecular formula is C13H19NO6. The number of rotatable bonds is 3. The fraction of sp³-hybridized carbons (Fsp3) is 0.769. The predicted molar refractivity (Wildman–Crippen MR) is 68.0 cm³/mol. The molecule has 2 rings (SSSR count). The van der Waals surface area contributed by atoms with E-state index in [1.807, 2.05) is 6.92 Å². The highest BCUT2D eigenvalue weighted by molar-refractivity contribution is 5.75. The van der Waals surface area contributed by atoms with Gasteiger partial charge in [0, 0.05) is 26.7 Å². The van der Waals surface area contributed by atoms with Gasteiger partial charge in [-0.25, -0.2) is 4.99 Å². The lowest BCUT2D eigenvalue weighted by molar-refractivity contribution is -0.230. The van der Waals surface area contributed by atoms with Gasteiger partial charge in [0.1, 0.15) is 24.9 Å². The van der Waals surface area contributed by atoms with Crippen molar-refractivity contribution in [3.63, 3.8) is 0 Å². The maximum Gasteiger partial charge on any atom is 0.303 e. The van der Waals surface area contributed by atoms with Crippen molar-refractivity contribution in [1.29, 1.82) is 0 Å². The number of fused-ring (bicyclic) bond motifs is 1. The molecule has 0 aromatic heterocycles. The second kappa shape index (κ2) is 5.78. The van der Waals surface area contributed by atoms with Crippen molar-refractivity contribution in [2.75, 3.05) is 6.61 Å². The molecule has 1 saturated heterocycles. The third kappa shape index (κ3) is 3.09. The summed E-state index contributed by atoms with van der Waals surface area (Å²) in [5, 5.41) is 0. The van der Waals surface area contributed by atoms with E-state index in [4.69, 9.17) is 18.9 Å². The van der Waals surface area contributed by atoms with Gasteiger partial charge in [0.05, 0.1) is 0 Å². The molecule has 2 heterocycles. The highest BCUT2D eigenvalue weighted by atomic mass is 16.7. The highest BCUT2D eigenvalue weighted by Gasteiger charge is 2.49. The summed E-state index contributed by atoms with van der Waals surface area (Å²) in [6.45, 7) is 6.33. The van der Waals surface area contributed by atoms with Gasteiger partial charge < -0.3 is 18.9 Å². The van der Waals surface area contributed by atoms with Crippen molar-refractivity contribution in [2.24, 2.45) is 10.9 Å². The van der Waals surface area contributed by atoms with Crippen LogP contribution in [0.2, 0.25) is 0 Å². The van der Waals surface area contributed by atoms with Crippen molar-refractivity contribution in [1.82, 2.24) is 0 Å². The predicted octanol–water partition coefficient (Wildman–Crippen LogP) is 0.659. The Morgan fingerprint density at radius 2 is 2.00 bits per heavy atom. The summed E-state index contributed by atoms with van der Waals surface area (Å²) in [7, 11) is 0. The Morgan fingerprint density at radius 3 is 2.60 bits per heavy atom. The Bertz CT molecular complexity index is 435. The van der Waals surface area contributed by atoms with E-state index >= 15 is 0 Å². The lowest BCUT2D eigenvalue weighted by atomic mass is 9.89. The van der Waals surface area contributed by atoms with Gasteiger partial charge in [-0.15, -0.1) is 0 Å². The van der Waals surface area contributed by atoms with E-state index in [1.165, 1.54) is 13.8 Å². The molecule has 20 heavy (non-hydrogen) atoms. The quantitative estimate of drug-likeness (QED) is 0.708. The third-order valence-corrected chi connectivity index (χ3v) is 3.38. The summed E-state index contributed by atoms with van der Waals surface area (Å²) in [6.07, 6.45) is -1.59. The topological polar surface area (TPSA) is 83.4 Å². The van der Waals surface area contributed by atoms with E-state index in [-0.39, 0.29) is 18.6 Å². The van der Waals surface area contributed by atoms with Crippen molar-refractivity contribution >= 4 is 17.8 Å². The Hall–Kier alpha value is -1.63. The van der Waals surface area contributed by atoms with E-state index in [2.05, 4.69) is 4.99 Å². The summed E-state index contributed by atoms with van der Waals surface area (Å²) < 4.78 is 21.5. The number of hydrogen-bond acceptors (Lipinski definition) is 7. The minimum Gasteiger partial charge on any atom is -0.463 e. The molecule has 7 heteroatoms. The lowest BCUT2D eigenvalue weighted by Gasteiger charge is -2.40. The zero-order chi connectivity index (χ0) is 14.9. The van der Waals surface area contributed by atoms with Gasteiger partial charge in [0.2, 0.25) is 6.29 Å². The van der Waals surface area contributed by atoms with Crippen LogP contribution in [0.4, 0.5) is 0 Å². The molecular weight excluding hydrogens is 266 g/mol. The Kier molecular flexibility index (Phi) is 4.27. The van der Waals surface area contributed by atoms with Crippen LogP contribution in [0, 0.1) is 5.92 Å². The molecule has 1 fully saturated rings. The minimum atomic E-state index is -0.555. The Labute approximate surface area is 117 Å². The first-order valence-corrected chi connectivity index (χ1v) is 6.55. The van der Waals surface area contributed by atoms with E-state index < -0.39 is 30.4 Å². The Balaban J connectivity index is 2.12. The number of ether oxygens (including phenoxy) is 4. The molecule has 0 aliphatic carbocycles. The summed E-state index contributed by atoms with van der Waals surface area (Å²) in [5.41, 5.74) is 0. The molecule has 0 bridgehead atoms. The maximum atomic E-state index is 11.2. The number of esters is 2. The summed E-state index contributed by atoms with van der Waals surface area (Å²) in [5.74, 6) is -0.363. The minimum absolute atomic E-state index is 0.0171. The van der Waals surface area contributed by atoms with Gasteiger partial charge in [-0.2, -0.15) is 0 Å². The van der Waals surface area contributed by atoms with Crippen LogP contribution in [0.5, 0.6) is 0 Å². The zero-order valence-corrected chi connectivity index (χ0v) is 12.0. The monoisotopic (exact) mass is 285 g/mol. The van der Waals surface area contributed by atoms with Gasteiger partial charge in [0.15, 0.2) is 5.90 Å². The maximum absolute atomic E-state index is 11.2. The van der Waals surface area contributed by atoms with Crippen molar-refractivity contribution in [2.45, 2.75) is 52.2 Å². The summed E-state index contributed by atoms with van der Waals surface area (Å²) >= 11 is 0. The number of nitrogens with zero attached hydrogens (tertiary/aromatic N) is 1. The number of hydrogen-bond donors (Lipinski definition) is 0. The SMILES string of the molecule is CC(=O)OCC1O[C@H]2OC(C)=NC2[C@@H](C)[C@H]1OC(C)=O. The first-order valence-electron chi connectivity index (χ1n) is 6.55. The average Bonchev–Trinajstić information content (AvgIpc) is 2.71. The van der Waals surface area contributed by atoms with Crippen LogP contribution < -0.4 is 0 Å². The van der Waals surface area contributed by atoms with Crippen LogP contribution in [0.3, 0.4) is 0 Å². The first kappa shape index (κ1) is 14.8. The van der Waals surface area contributed by atoms with Crippen molar-refractivity contribution in [3.05, 3.63) is 0 Å². The molecule has 0 N–H and O–H groups in total. The van der Waals surface area contributed by atoms with Crippen LogP contribution in [-0.4, -0.2) is 49.0 Å². The van der Waals surface area contributed by atoms with Gasteiger partial charge >= 0.3 is 11.9 Å². The zero-order valence-electron chi connectivity index (χ0n) is 12.0. The Morgan fingerprint density at radius 1 is 1.30 bits per heavy atom. The van der Waals surface area contributed by atoms with Crippen LogP contribution in [0.1, 0.15) is 27.7 Å². The number of carbonyl (C=O) groups is 2. The second-order valence-corrected chi connectivity index (χ2v) is 5.04. The average molecular weight is 285 g/mol. The second-order valence-electron chi connectivity index (χ2n) is 5.04. The van der Waals surface area contributed by atoms with Crippen molar-refractivity contribution < 1.29 is 28.5 Å². The molecule has 2 aliphatic rings. The van der Waals surface area contributed by atoms with Crippen molar-refractivity contribution in [3.8, 4) is 0 Å². The smallest absolute Gasteiger partial charge is 0.303 e. The van der Waals surface area contributed by atoms with E-state index in [0.29, 0.717) is 5.90 Å². The number of aliphatic imine (C=N–C) groups is 1. The van der Waals surface area contributed by atoms with Crippen LogP contribution >= 0.6 is 0 Å². The molecule has 0 saturated carbocycles. The fourth-order valence-corrected chi connectivity index (χ4v) is 2.50. The molecule has 7 nitrogen and oxygen atoms in total. The first-order chi connectivity index (χ1) is 9.38. The third-order valence-electron chi connectivity index (χ3n) is 3.38. The van der Waals surface area contributed by atoms with Gasteiger partial charge in [-0.1, -0.05) is 6.92 Å². The standard InChI is InChI=1S/C13H19NO6/c1-6-11-13(18-7(2)14-11)20-10(5-17-8(3)15)12(6)19-9(4)16/h6,10-13H,5H2,1-4H3/t6-,10?,11?,12-,13-/m1/s1. The van der Waals surface area contributed by atoms with Crippen LogP contribution in [0.15, 0.2) is 4.99 Å². The van der Waals surface area contributed by atoms with Crippen LogP contribution in [0.25, 0.3) is 0 Å². The molecule has 5 atom stereocenters. The van der Waals surface area contributed by atoms with E-state index in [9.17, 15) is 9.59 Å². The van der Waals surface area contributed by atoms with E-state index in [0.717, 1.165) is 0 Å². The van der Waals surface area contributed by atoms with Gasteiger partial charge in [-0.3, -0.25) is 9.59 Å². The molecule has 0 amide bonds. The molecule has 2 unspecified atom stereocenters. The highest BCUT2D eigenvalue weighted by Crippen LogP contribution is 2.34. The molecule has 0 aromatic rings. The fourth-order valence-electron chi connectivity index (χ4n) is 2.50. The normalized spacial score (nSPS) is 35.6. The molecule has 0 radical (unpaired) electrons. The summed E-state index contributed by atoms with van der Waals surface area (Å²) in [4.78, 5) is 26.5. The van der Waals surface area contributed by atoms with Gasteiger partial charge in [-0.05, 0) is 0 Å². The summed E-state index contributed by atoms with van der Waals surface area (Å²) in [6, 6.07) is -0.215. The molecule has 0 spiro atoms. The molecule has 112 valence electrons. The van der Waals surface area contributed by atoms with Gasteiger partial charge in [0.25, 0.3) is 0 Å². The number of carbonyl (C=O) groups excluding carboxylic acids is 2. The van der Waals surface area contributed by atoms with Crippen LogP contribution in [-0.2, 0) is 28.5 Å². The van der Waals surface area contributed by atoms with E-state index in [1.54, 1.807) is 6.92 Å². The largest absolute Gasteiger partial charge is 0.463 e. The lowest BCUT2D eigenvalue weighted by Crippen LogP contribution is -2.54. The molecule has 2 aliphatic heterocycles. The molecule has 0 aromatic carbocycles.